The van der Waals surface area contributed by atoms with Crippen molar-refractivity contribution in [2.45, 2.75) is 44.2 Å². The van der Waals surface area contributed by atoms with Gasteiger partial charge in [-0.1, -0.05) is 30.3 Å². The molecule has 1 aromatic rings. The molecule has 0 bridgehead atoms. The Hall–Kier alpha value is -1.92. The van der Waals surface area contributed by atoms with Crippen LogP contribution in [0.2, 0.25) is 0 Å². The minimum absolute atomic E-state index is 0.0443. The van der Waals surface area contributed by atoms with Gasteiger partial charge in [-0.2, -0.15) is 0 Å². The SMILES string of the molecule is CC(N)(C(=O)N1CCCC(CNC(=O)C2CCCN2)C1)c1ccccc1. The van der Waals surface area contributed by atoms with Crippen molar-refractivity contribution in [2.75, 3.05) is 26.2 Å². The van der Waals surface area contributed by atoms with E-state index in [0.29, 0.717) is 13.1 Å². The van der Waals surface area contributed by atoms with E-state index in [0.717, 1.165) is 44.3 Å². The fraction of sp³-hybridized carbons (Fsp3) is 0.600. The molecule has 0 aromatic heterocycles. The number of nitrogens with zero attached hydrogens (tertiary/aromatic N) is 1. The van der Waals surface area contributed by atoms with Crippen LogP contribution in [0.15, 0.2) is 30.3 Å². The summed E-state index contributed by atoms with van der Waals surface area (Å²) >= 11 is 0. The highest BCUT2D eigenvalue weighted by Crippen LogP contribution is 2.24. The van der Waals surface area contributed by atoms with Crippen LogP contribution in [0.5, 0.6) is 0 Å². The quantitative estimate of drug-likeness (QED) is 0.732. The number of nitrogens with two attached hydrogens (primary N) is 1. The fourth-order valence-electron chi connectivity index (χ4n) is 3.93. The molecule has 142 valence electrons. The first kappa shape index (κ1) is 18.9. The van der Waals surface area contributed by atoms with Crippen molar-refractivity contribution in [1.82, 2.24) is 15.5 Å². The van der Waals surface area contributed by atoms with Gasteiger partial charge >= 0.3 is 0 Å². The Balaban J connectivity index is 1.55. The molecule has 6 heteroatoms. The van der Waals surface area contributed by atoms with Gasteiger partial charge in [0.1, 0.15) is 5.54 Å². The lowest BCUT2D eigenvalue weighted by Gasteiger charge is -2.37. The lowest BCUT2D eigenvalue weighted by molar-refractivity contribution is -0.138. The second kappa shape index (κ2) is 8.18. The van der Waals surface area contributed by atoms with Crippen molar-refractivity contribution < 1.29 is 9.59 Å². The zero-order valence-electron chi connectivity index (χ0n) is 15.5. The number of piperidine rings is 1. The molecule has 26 heavy (non-hydrogen) atoms. The van der Waals surface area contributed by atoms with Crippen molar-refractivity contribution in [3.63, 3.8) is 0 Å². The Labute approximate surface area is 155 Å². The van der Waals surface area contributed by atoms with E-state index in [9.17, 15) is 9.59 Å². The van der Waals surface area contributed by atoms with Gasteiger partial charge in [-0.3, -0.25) is 9.59 Å². The molecule has 1 aromatic carbocycles. The standard InChI is InChI=1S/C20H30N4O2/c1-20(21,16-8-3-2-4-9-16)19(26)24-12-6-7-15(14-24)13-23-18(25)17-10-5-11-22-17/h2-4,8-9,15,17,22H,5-7,10-14,21H2,1H3,(H,23,25). The van der Waals surface area contributed by atoms with Gasteiger partial charge in [-0.05, 0) is 50.6 Å². The van der Waals surface area contributed by atoms with Crippen LogP contribution >= 0.6 is 0 Å². The van der Waals surface area contributed by atoms with Crippen LogP contribution in [0.4, 0.5) is 0 Å². The maximum absolute atomic E-state index is 13.0. The Morgan fingerprint density at radius 3 is 2.73 bits per heavy atom. The van der Waals surface area contributed by atoms with E-state index in [1.165, 1.54) is 0 Å². The van der Waals surface area contributed by atoms with Crippen molar-refractivity contribution >= 4 is 11.8 Å². The molecular formula is C20H30N4O2. The van der Waals surface area contributed by atoms with Crippen LogP contribution in [0.25, 0.3) is 0 Å². The second-order valence-electron chi connectivity index (χ2n) is 7.72. The monoisotopic (exact) mass is 358 g/mol. The van der Waals surface area contributed by atoms with Gasteiger partial charge in [-0.25, -0.2) is 0 Å². The molecule has 3 rings (SSSR count). The van der Waals surface area contributed by atoms with Crippen molar-refractivity contribution in [3.05, 3.63) is 35.9 Å². The zero-order valence-corrected chi connectivity index (χ0v) is 15.5. The lowest BCUT2D eigenvalue weighted by Crippen LogP contribution is -2.54. The molecule has 2 heterocycles. The average molecular weight is 358 g/mol. The number of hydrogen-bond donors (Lipinski definition) is 3. The maximum atomic E-state index is 13.0. The molecule has 0 radical (unpaired) electrons. The van der Waals surface area contributed by atoms with Crippen LogP contribution in [-0.4, -0.2) is 48.9 Å². The summed E-state index contributed by atoms with van der Waals surface area (Å²) in [7, 11) is 0. The summed E-state index contributed by atoms with van der Waals surface area (Å²) in [6.07, 6.45) is 3.93. The summed E-state index contributed by atoms with van der Waals surface area (Å²) in [6, 6.07) is 9.46. The zero-order chi connectivity index (χ0) is 18.6. The summed E-state index contributed by atoms with van der Waals surface area (Å²) in [6.45, 7) is 4.69. The first-order chi connectivity index (χ1) is 12.5. The lowest BCUT2D eigenvalue weighted by atomic mass is 9.89. The second-order valence-corrected chi connectivity index (χ2v) is 7.72. The van der Waals surface area contributed by atoms with E-state index in [1.54, 1.807) is 6.92 Å². The molecule has 0 spiro atoms. The highest BCUT2D eigenvalue weighted by molar-refractivity contribution is 5.87. The first-order valence-electron chi connectivity index (χ1n) is 9.63. The maximum Gasteiger partial charge on any atom is 0.246 e. The van der Waals surface area contributed by atoms with E-state index in [4.69, 9.17) is 5.73 Å². The molecule has 2 aliphatic heterocycles. The molecule has 6 nitrogen and oxygen atoms in total. The molecule has 0 saturated carbocycles. The molecule has 2 saturated heterocycles. The Morgan fingerprint density at radius 1 is 1.27 bits per heavy atom. The number of hydrogen-bond acceptors (Lipinski definition) is 4. The number of amides is 2. The van der Waals surface area contributed by atoms with Crippen LogP contribution in [-0.2, 0) is 15.1 Å². The first-order valence-corrected chi connectivity index (χ1v) is 9.63. The summed E-state index contributed by atoms with van der Waals surface area (Å²) in [4.78, 5) is 27.1. The van der Waals surface area contributed by atoms with Crippen LogP contribution in [0, 0.1) is 5.92 Å². The normalized spacial score (nSPS) is 25.5. The molecule has 3 unspecified atom stereocenters. The van der Waals surface area contributed by atoms with Gasteiger partial charge in [0, 0.05) is 19.6 Å². The number of likely N-dealkylation sites (tertiary alicyclic amines) is 1. The van der Waals surface area contributed by atoms with Gasteiger partial charge in [0.15, 0.2) is 0 Å². The van der Waals surface area contributed by atoms with Crippen LogP contribution < -0.4 is 16.4 Å². The van der Waals surface area contributed by atoms with Gasteiger partial charge in [0.2, 0.25) is 11.8 Å². The number of carbonyl (C=O) groups is 2. The van der Waals surface area contributed by atoms with Gasteiger partial charge < -0.3 is 21.3 Å². The Bertz CT molecular complexity index is 626. The van der Waals surface area contributed by atoms with Crippen molar-refractivity contribution in [2.24, 2.45) is 11.7 Å². The Morgan fingerprint density at radius 2 is 2.04 bits per heavy atom. The van der Waals surface area contributed by atoms with Gasteiger partial charge in [-0.15, -0.1) is 0 Å². The minimum atomic E-state index is -1.03. The van der Waals surface area contributed by atoms with E-state index in [1.807, 2.05) is 35.2 Å². The van der Waals surface area contributed by atoms with E-state index >= 15 is 0 Å². The van der Waals surface area contributed by atoms with Gasteiger partial charge in [0.25, 0.3) is 0 Å². The fourth-order valence-corrected chi connectivity index (χ4v) is 3.93. The minimum Gasteiger partial charge on any atom is -0.354 e. The third-order valence-corrected chi connectivity index (χ3v) is 5.57. The van der Waals surface area contributed by atoms with Crippen molar-refractivity contribution in [3.8, 4) is 0 Å². The van der Waals surface area contributed by atoms with Crippen LogP contribution in [0.3, 0.4) is 0 Å². The molecule has 2 fully saturated rings. The molecule has 3 atom stereocenters. The Kier molecular flexibility index (Phi) is 5.94. The summed E-state index contributed by atoms with van der Waals surface area (Å²) < 4.78 is 0. The predicted octanol–water partition coefficient (Wildman–Crippen LogP) is 0.967. The van der Waals surface area contributed by atoms with Crippen LogP contribution in [0.1, 0.15) is 38.2 Å². The molecule has 0 aliphatic carbocycles. The van der Waals surface area contributed by atoms with Crippen molar-refractivity contribution in [1.29, 1.82) is 0 Å². The van der Waals surface area contributed by atoms with E-state index in [2.05, 4.69) is 10.6 Å². The summed E-state index contributed by atoms with van der Waals surface area (Å²) in [5, 5.41) is 6.27. The average Bonchev–Trinajstić information content (AvgIpc) is 3.21. The molecule has 2 aliphatic rings. The molecule has 2 amide bonds. The largest absolute Gasteiger partial charge is 0.354 e. The highest BCUT2D eigenvalue weighted by atomic mass is 16.2. The number of rotatable bonds is 5. The number of carbonyl (C=O) groups excluding carboxylic acids is 2. The van der Waals surface area contributed by atoms with E-state index < -0.39 is 5.54 Å². The number of benzene rings is 1. The van der Waals surface area contributed by atoms with E-state index in [-0.39, 0.29) is 23.8 Å². The predicted molar refractivity (Wildman–Crippen MR) is 101 cm³/mol. The highest BCUT2D eigenvalue weighted by Gasteiger charge is 2.36. The number of nitrogens with one attached hydrogen (secondary N) is 2. The summed E-state index contributed by atoms with van der Waals surface area (Å²) in [5.41, 5.74) is 6.19. The molecule has 4 N–H and O–H groups in total. The topological polar surface area (TPSA) is 87.5 Å². The van der Waals surface area contributed by atoms with Gasteiger partial charge in [0.05, 0.1) is 6.04 Å². The molecular weight excluding hydrogens is 328 g/mol. The summed E-state index contributed by atoms with van der Waals surface area (Å²) in [5.74, 6) is 0.320. The smallest absolute Gasteiger partial charge is 0.246 e. The third kappa shape index (κ3) is 4.24. The third-order valence-electron chi connectivity index (χ3n) is 5.57.